The number of carbonyl (C=O) groups is 1. The summed E-state index contributed by atoms with van der Waals surface area (Å²) < 4.78 is 10.4. The van der Waals surface area contributed by atoms with Gasteiger partial charge in [-0.15, -0.1) is 12.4 Å². The van der Waals surface area contributed by atoms with E-state index in [1.165, 1.54) is 0 Å². The number of rotatable bonds is 5. The second kappa shape index (κ2) is 9.00. The van der Waals surface area contributed by atoms with Gasteiger partial charge in [-0.1, -0.05) is 12.1 Å². The molecule has 1 saturated heterocycles. The monoisotopic (exact) mass is 314 g/mol. The van der Waals surface area contributed by atoms with Crippen molar-refractivity contribution in [3.05, 3.63) is 29.8 Å². The third kappa shape index (κ3) is 5.28. The Bertz CT molecular complexity index is 450. The molecule has 1 heterocycles. The standard InChI is InChI=1S/C15H22N2O3.ClH/c1-19-10-11-3-2-4-13(9-11)17-15(18)14(16)12-5-7-20-8-6-12;/h2-4,9,12,14H,5-8,10,16H2,1H3,(H,17,18);1H. The highest BCUT2D eigenvalue weighted by molar-refractivity contribution is 5.94. The van der Waals surface area contributed by atoms with E-state index in [9.17, 15) is 4.79 Å². The summed E-state index contributed by atoms with van der Waals surface area (Å²) in [5.74, 6) is 0.0670. The van der Waals surface area contributed by atoms with Gasteiger partial charge >= 0.3 is 0 Å². The van der Waals surface area contributed by atoms with Gasteiger partial charge in [-0.3, -0.25) is 4.79 Å². The average molecular weight is 315 g/mol. The van der Waals surface area contributed by atoms with E-state index in [1.54, 1.807) is 7.11 Å². The molecule has 1 aliphatic heterocycles. The Labute approximate surface area is 131 Å². The van der Waals surface area contributed by atoms with Crippen LogP contribution in [0.2, 0.25) is 0 Å². The van der Waals surface area contributed by atoms with Crippen molar-refractivity contribution in [3.8, 4) is 0 Å². The van der Waals surface area contributed by atoms with E-state index in [4.69, 9.17) is 15.2 Å². The number of ether oxygens (including phenoxy) is 2. The molecule has 1 fully saturated rings. The summed E-state index contributed by atoms with van der Waals surface area (Å²) in [5, 5.41) is 2.88. The van der Waals surface area contributed by atoms with Crippen molar-refractivity contribution >= 4 is 24.0 Å². The maximum absolute atomic E-state index is 12.2. The number of anilines is 1. The van der Waals surface area contributed by atoms with Crippen molar-refractivity contribution in [2.24, 2.45) is 11.7 Å². The van der Waals surface area contributed by atoms with E-state index in [2.05, 4.69) is 5.32 Å². The second-order valence-electron chi connectivity index (χ2n) is 5.10. The van der Waals surface area contributed by atoms with Crippen LogP contribution in [0.5, 0.6) is 0 Å². The minimum absolute atomic E-state index is 0. The quantitative estimate of drug-likeness (QED) is 0.871. The highest BCUT2D eigenvalue weighted by atomic mass is 35.5. The van der Waals surface area contributed by atoms with Crippen LogP contribution in [-0.2, 0) is 20.9 Å². The van der Waals surface area contributed by atoms with Crippen LogP contribution in [0.15, 0.2) is 24.3 Å². The zero-order valence-corrected chi connectivity index (χ0v) is 13.0. The van der Waals surface area contributed by atoms with Crippen LogP contribution in [-0.4, -0.2) is 32.3 Å². The van der Waals surface area contributed by atoms with E-state index in [1.807, 2.05) is 24.3 Å². The molecule has 1 aliphatic rings. The highest BCUT2D eigenvalue weighted by Gasteiger charge is 2.26. The topological polar surface area (TPSA) is 73.6 Å². The first kappa shape index (κ1) is 17.9. The van der Waals surface area contributed by atoms with Crippen molar-refractivity contribution < 1.29 is 14.3 Å². The third-order valence-corrected chi connectivity index (χ3v) is 3.58. The van der Waals surface area contributed by atoms with Crippen LogP contribution in [0.4, 0.5) is 5.69 Å². The maximum atomic E-state index is 12.2. The molecule has 5 nitrogen and oxygen atoms in total. The molecule has 6 heteroatoms. The molecule has 1 atom stereocenters. The molecule has 0 spiro atoms. The van der Waals surface area contributed by atoms with Crippen LogP contribution >= 0.6 is 12.4 Å². The molecule has 2 rings (SSSR count). The fourth-order valence-electron chi connectivity index (χ4n) is 2.42. The summed E-state index contributed by atoms with van der Waals surface area (Å²) in [4.78, 5) is 12.2. The summed E-state index contributed by atoms with van der Waals surface area (Å²) in [6.07, 6.45) is 1.69. The van der Waals surface area contributed by atoms with Gasteiger partial charge < -0.3 is 20.5 Å². The number of amides is 1. The molecule has 21 heavy (non-hydrogen) atoms. The molecule has 118 valence electrons. The molecule has 1 aromatic rings. The van der Waals surface area contributed by atoms with Gasteiger partial charge in [0.1, 0.15) is 0 Å². The van der Waals surface area contributed by atoms with E-state index in [0.29, 0.717) is 19.8 Å². The zero-order valence-electron chi connectivity index (χ0n) is 12.2. The lowest BCUT2D eigenvalue weighted by molar-refractivity contribution is -0.119. The molecule has 1 amide bonds. The van der Waals surface area contributed by atoms with Gasteiger partial charge in [0.2, 0.25) is 5.91 Å². The van der Waals surface area contributed by atoms with Gasteiger partial charge in [-0.25, -0.2) is 0 Å². The number of methoxy groups -OCH3 is 1. The molecule has 0 saturated carbocycles. The second-order valence-corrected chi connectivity index (χ2v) is 5.10. The lowest BCUT2D eigenvalue weighted by Gasteiger charge is -2.26. The van der Waals surface area contributed by atoms with Crippen LogP contribution in [0.1, 0.15) is 18.4 Å². The largest absolute Gasteiger partial charge is 0.381 e. The molecule has 0 bridgehead atoms. The molecule has 0 aromatic heterocycles. The Morgan fingerprint density at radius 1 is 1.48 bits per heavy atom. The van der Waals surface area contributed by atoms with Gasteiger partial charge in [0.05, 0.1) is 12.6 Å². The molecule has 0 aliphatic carbocycles. The predicted molar refractivity (Wildman–Crippen MR) is 84.6 cm³/mol. The SMILES string of the molecule is COCc1cccc(NC(=O)C(N)C2CCOCC2)c1.Cl. The van der Waals surface area contributed by atoms with E-state index >= 15 is 0 Å². The van der Waals surface area contributed by atoms with Gasteiger partial charge in [0, 0.05) is 26.0 Å². The van der Waals surface area contributed by atoms with Gasteiger partial charge in [0.25, 0.3) is 0 Å². The molecule has 1 aromatic carbocycles. The summed E-state index contributed by atoms with van der Waals surface area (Å²) in [6, 6.07) is 7.12. The van der Waals surface area contributed by atoms with E-state index in [-0.39, 0.29) is 24.2 Å². The number of nitrogens with two attached hydrogens (primary N) is 1. The first-order valence-electron chi connectivity index (χ1n) is 6.93. The number of hydrogen-bond donors (Lipinski definition) is 2. The number of nitrogens with one attached hydrogen (secondary N) is 1. The average Bonchev–Trinajstić information content (AvgIpc) is 2.48. The molecule has 0 radical (unpaired) electrons. The van der Waals surface area contributed by atoms with E-state index in [0.717, 1.165) is 24.1 Å². The summed E-state index contributed by atoms with van der Waals surface area (Å²) >= 11 is 0. The first-order chi connectivity index (χ1) is 9.70. The number of benzene rings is 1. The molecule has 1 unspecified atom stereocenters. The first-order valence-corrected chi connectivity index (χ1v) is 6.93. The lowest BCUT2D eigenvalue weighted by Crippen LogP contribution is -2.44. The smallest absolute Gasteiger partial charge is 0.241 e. The normalized spacial score (nSPS) is 16.9. The molecule has 3 N–H and O–H groups in total. The number of halogens is 1. The lowest BCUT2D eigenvalue weighted by atomic mass is 9.92. The van der Waals surface area contributed by atoms with Crippen LogP contribution in [0, 0.1) is 5.92 Å². The Balaban J connectivity index is 0.00000220. The Morgan fingerprint density at radius 2 is 2.19 bits per heavy atom. The van der Waals surface area contributed by atoms with Crippen LogP contribution in [0.3, 0.4) is 0 Å². The minimum Gasteiger partial charge on any atom is -0.381 e. The minimum atomic E-state index is -0.481. The van der Waals surface area contributed by atoms with E-state index < -0.39 is 6.04 Å². The summed E-state index contributed by atoms with van der Waals surface area (Å²) in [6.45, 7) is 1.90. The van der Waals surface area contributed by atoms with Gasteiger partial charge in [-0.05, 0) is 36.5 Å². The van der Waals surface area contributed by atoms with Crippen molar-refractivity contribution in [2.75, 3.05) is 25.6 Å². The maximum Gasteiger partial charge on any atom is 0.241 e. The fraction of sp³-hybridized carbons (Fsp3) is 0.533. The molecular weight excluding hydrogens is 292 g/mol. The van der Waals surface area contributed by atoms with Crippen molar-refractivity contribution in [1.29, 1.82) is 0 Å². The zero-order chi connectivity index (χ0) is 14.4. The third-order valence-electron chi connectivity index (χ3n) is 3.58. The number of carbonyl (C=O) groups excluding carboxylic acids is 1. The Hall–Kier alpha value is -1.14. The van der Waals surface area contributed by atoms with Crippen LogP contribution in [0.25, 0.3) is 0 Å². The summed E-state index contributed by atoms with van der Waals surface area (Å²) in [5.41, 5.74) is 7.82. The molecular formula is C15H23ClN2O3. The van der Waals surface area contributed by atoms with Crippen molar-refractivity contribution in [2.45, 2.75) is 25.5 Å². The number of hydrogen-bond acceptors (Lipinski definition) is 4. The Kier molecular flexibility index (Phi) is 7.67. The summed E-state index contributed by atoms with van der Waals surface area (Å²) in [7, 11) is 1.65. The highest BCUT2D eigenvalue weighted by Crippen LogP contribution is 2.19. The van der Waals surface area contributed by atoms with Crippen molar-refractivity contribution in [3.63, 3.8) is 0 Å². The van der Waals surface area contributed by atoms with Gasteiger partial charge in [-0.2, -0.15) is 0 Å². The van der Waals surface area contributed by atoms with Gasteiger partial charge in [0.15, 0.2) is 0 Å². The Morgan fingerprint density at radius 3 is 2.86 bits per heavy atom. The predicted octanol–water partition coefficient (Wildman–Crippen LogP) is 1.95. The van der Waals surface area contributed by atoms with Crippen molar-refractivity contribution in [1.82, 2.24) is 0 Å². The van der Waals surface area contributed by atoms with Crippen LogP contribution < -0.4 is 11.1 Å². The fourth-order valence-corrected chi connectivity index (χ4v) is 2.42.